The van der Waals surface area contributed by atoms with Gasteiger partial charge in [-0.2, -0.15) is 13.2 Å². The van der Waals surface area contributed by atoms with Crippen molar-refractivity contribution >= 4 is 23.1 Å². The predicted molar refractivity (Wildman–Crippen MR) is 84.7 cm³/mol. The van der Waals surface area contributed by atoms with Gasteiger partial charge in [0.15, 0.2) is 0 Å². The fourth-order valence-corrected chi connectivity index (χ4v) is 2.20. The van der Waals surface area contributed by atoms with Crippen molar-refractivity contribution in [2.24, 2.45) is 10.7 Å². The maximum atomic E-state index is 12.5. The molecule has 0 radical (unpaired) electrons. The van der Waals surface area contributed by atoms with E-state index < -0.39 is 11.7 Å². The van der Waals surface area contributed by atoms with Gasteiger partial charge in [-0.25, -0.2) is 0 Å². The summed E-state index contributed by atoms with van der Waals surface area (Å²) in [5.41, 5.74) is 6.86. The summed E-state index contributed by atoms with van der Waals surface area (Å²) in [7, 11) is 1.53. The van der Waals surface area contributed by atoms with Crippen molar-refractivity contribution in [3.8, 4) is 0 Å². The van der Waals surface area contributed by atoms with Gasteiger partial charge >= 0.3 is 6.18 Å². The van der Waals surface area contributed by atoms with Crippen molar-refractivity contribution in [1.29, 1.82) is 0 Å². The lowest BCUT2D eigenvalue weighted by Gasteiger charge is -2.13. The van der Waals surface area contributed by atoms with Crippen LogP contribution in [0.1, 0.15) is 16.7 Å². The molecule has 0 amide bonds. The van der Waals surface area contributed by atoms with E-state index in [2.05, 4.69) is 15.3 Å². The van der Waals surface area contributed by atoms with E-state index in [9.17, 15) is 13.2 Å². The van der Waals surface area contributed by atoms with E-state index in [1.165, 1.54) is 31.6 Å². The first-order valence-electron chi connectivity index (χ1n) is 6.59. The average Bonchev–Trinajstić information content (AvgIpc) is 2.52. The second kappa shape index (κ2) is 6.87. The van der Waals surface area contributed by atoms with Crippen LogP contribution in [-0.2, 0) is 12.7 Å². The predicted octanol–water partition coefficient (Wildman–Crippen LogP) is 3.70. The Bertz CT molecular complexity index is 712. The topological polar surface area (TPSA) is 63.3 Å². The van der Waals surface area contributed by atoms with Gasteiger partial charge in [0, 0.05) is 19.8 Å². The Morgan fingerprint density at radius 2 is 1.91 bits per heavy atom. The molecule has 1 aromatic carbocycles. The molecule has 0 aliphatic carbocycles. The highest BCUT2D eigenvalue weighted by molar-refractivity contribution is 6.34. The molecule has 0 spiro atoms. The summed E-state index contributed by atoms with van der Waals surface area (Å²) in [6.07, 6.45) is -1.37. The quantitative estimate of drug-likeness (QED) is 0.657. The molecule has 1 aromatic heterocycles. The van der Waals surface area contributed by atoms with Gasteiger partial charge in [-0.3, -0.25) is 9.98 Å². The molecular weight excluding hydrogens is 329 g/mol. The monoisotopic (exact) mass is 342 g/mol. The van der Waals surface area contributed by atoms with Crippen LogP contribution < -0.4 is 11.1 Å². The fraction of sp³-hybridized carbons (Fsp3) is 0.200. The van der Waals surface area contributed by atoms with Gasteiger partial charge in [0.2, 0.25) is 0 Å². The minimum Gasteiger partial charge on any atom is -0.383 e. The molecule has 2 rings (SSSR count). The maximum Gasteiger partial charge on any atom is 0.416 e. The van der Waals surface area contributed by atoms with Crippen molar-refractivity contribution in [3.63, 3.8) is 0 Å². The molecule has 122 valence electrons. The fourth-order valence-electron chi connectivity index (χ4n) is 1.95. The summed E-state index contributed by atoms with van der Waals surface area (Å²) >= 11 is 6.07. The molecule has 23 heavy (non-hydrogen) atoms. The number of aliphatic imine (C=N–C) groups is 1. The summed E-state index contributed by atoms with van der Waals surface area (Å²) in [5, 5.41) is 3.39. The minimum absolute atomic E-state index is 0.243. The Labute approximate surface area is 136 Å². The van der Waals surface area contributed by atoms with Gasteiger partial charge in [0.25, 0.3) is 0 Å². The number of alkyl halides is 3. The van der Waals surface area contributed by atoms with Crippen LogP contribution in [-0.4, -0.2) is 17.9 Å². The third-order valence-electron chi connectivity index (χ3n) is 3.16. The lowest BCUT2D eigenvalue weighted by molar-refractivity contribution is -0.137. The zero-order valence-electron chi connectivity index (χ0n) is 12.2. The maximum absolute atomic E-state index is 12.5. The van der Waals surface area contributed by atoms with E-state index >= 15 is 0 Å². The average molecular weight is 343 g/mol. The largest absolute Gasteiger partial charge is 0.416 e. The van der Waals surface area contributed by atoms with Crippen LogP contribution in [0.3, 0.4) is 0 Å². The molecule has 0 aliphatic rings. The number of halogens is 4. The highest BCUT2D eigenvalue weighted by Gasteiger charge is 2.29. The SMILES string of the molecule is CN=C(N)c1c(Cl)cncc1NCc1ccc(C(F)(F)F)cc1. The Balaban J connectivity index is 2.17. The minimum atomic E-state index is -4.35. The van der Waals surface area contributed by atoms with E-state index in [4.69, 9.17) is 17.3 Å². The molecule has 8 heteroatoms. The summed E-state index contributed by atoms with van der Waals surface area (Å²) in [6, 6.07) is 4.89. The number of rotatable bonds is 4. The van der Waals surface area contributed by atoms with Crippen molar-refractivity contribution in [1.82, 2.24) is 4.98 Å². The molecule has 0 aliphatic heterocycles. The molecular formula is C15H14ClF3N4. The Kier molecular flexibility index (Phi) is 5.10. The van der Waals surface area contributed by atoms with Gasteiger partial charge in [-0.1, -0.05) is 23.7 Å². The van der Waals surface area contributed by atoms with Crippen LogP contribution in [0.5, 0.6) is 0 Å². The number of nitrogens with zero attached hydrogens (tertiary/aromatic N) is 2. The number of anilines is 1. The zero-order valence-corrected chi connectivity index (χ0v) is 12.9. The highest BCUT2D eigenvalue weighted by atomic mass is 35.5. The number of nitrogens with one attached hydrogen (secondary N) is 1. The molecule has 0 saturated carbocycles. The molecule has 0 fully saturated rings. The van der Waals surface area contributed by atoms with E-state index in [0.717, 1.165) is 12.1 Å². The van der Waals surface area contributed by atoms with Crippen molar-refractivity contribution in [2.75, 3.05) is 12.4 Å². The summed E-state index contributed by atoms with van der Waals surface area (Å²) in [4.78, 5) is 7.86. The first kappa shape index (κ1) is 17.1. The van der Waals surface area contributed by atoms with E-state index in [1.54, 1.807) is 0 Å². The Morgan fingerprint density at radius 1 is 1.26 bits per heavy atom. The van der Waals surface area contributed by atoms with Crippen LogP contribution >= 0.6 is 11.6 Å². The molecule has 0 saturated heterocycles. The zero-order chi connectivity index (χ0) is 17.0. The summed E-state index contributed by atoms with van der Waals surface area (Å²) < 4.78 is 37.6. The smallest absolute Gasteiger partial charge is 0.383 e. The molecule has 0 unspecified atom stereocenters. The van der Waals surface area contributed by atoms with Gasteiger partial charge < -0.3 is 11.1 Å². The molecule has 0 bridgehead atoms. The highest BCUT2D eigenvalue weighted by Crippen LogP contribution is 2.29. The van der Waals surface area contributed by atoms with E-state index in [0.29, 0.717) is 28.4 Å². The van der Waals surface area contributed by atoms with Crippen LogP contribution in [0.15, 0.2) is 41.7 Å². The first-order chi connectivity index (χ1) is 10.8. The lowest BCUT2D eigenvalue weighted by atomic mass is 10.1. The second-order valence-corrected chi connectivity index (χ2v) is 5.11. The standard InChI is InChI=1S/C15H14ClF3N4/c1-21-14(20)13-11(16)7-22-8-12(13)23-6-9-2-4-10(5-3-9)15(17,18)19/h2-5,7-8,23H,6H2,1H3,(H2,20,21). The molecule has 0 atom stereocenters. The van der Waals surface area contributed by atoms with Gasteiger partial charge in [0.05, 0.1) is 28.0 Å². The van der Waals surface area contributed by atoms with Crippen molar-refractivity contribution in [2.45, 2.75) is 12.7 Å². The number of benzene rings is 1. The van der Waals surface area contributed by atoms with Gasteiger partial charge in [0.1, 0.15) is 5.84 Å². The summed E-state index contributed by atoms with van der Waals surface area (Å²) in [6.45, 7) is 0.296. The molecule has 3 N–H and O–H groups in total. The number of pyridine rings is 1. The third-order valence-corrected chi connectivity index (χ3v) is 3.45. The summed E-state index contributed by atoms with van der Waals surface area (Å²) in [5.74, 6) is 0.243. The van der Waals surface area contributed by atoms with Crippen LogP contribution in [0.25, 0.3) is 0 Å². The third kappa shape index (κ3) is 4.13. The first-order valence-corrected chi connectivity index (χ1v) is 6.97. The number of nitrogens with two attached hydrogens (primary N) is 1. The van der Waals surface area contributed by atoms with E-state index in [1.807, 2.05) is 0 Å². The number of amidine groups is 1. The van der Waals surface area contributed by atoms with Crippen LogP contribution in [0.4, 0.5) is 18.9 Å². The normalized spacial score (nSPS) is 12.3. The van der Waals surface area contributed by atoms with Crippen molar-refractivity contribution < 1.29 is 13.2 Å². The van der Waals surface area contributed by atoms with Crippen LogP contribution in [0, 0.1) is 0 Å². The molecule has 1 heterocycles. The van der Waals surface area contributed by atoms with Crippen molar-refractivity contribution in [3.05, 3.63) is 58.4 Å². The number of hydrogen-bond donors (Lipinski definition) is 2. The number of hydrogen-bond acceptors (Lipinski definition) is 3. The molecule has 2 aromatic rings. The van der Waals surface area contributed by atoms with Gasteiger partial charge in [-0.05, 0) is 17.7 Å². The van der Waals surface area contributed by atoms with E-state index in [-0.39, 0.29) is 5.84 Å². The Hall–Kier alpha value is -2.28. The molecule has 4 nitrogen and oxygen atoms in total. The second-order valence-electron chi connectivity index (χ2n) is 4.70. The van der Waals surface area contributed by atoms with Crippen LogP contribution in [0.2, 0.25) is 5.02 Å². The lowest BCUT2D eigenvalue weighted by Crippen LogP contribution is -2.17. The number of aromatic nitrogens is 1. The van der Waals surface area contributed by atoms with Gasteiger partial charge in [-0.15, -0.1) is 0 Å². The Morgan fingerprint density at radius 3 is 2.48 bits per heavy atom.